The number of rotatable bonds is 4. The van der Waals surface area contributed by atoms with Gasteiger partial charge in [0.2, 0.25) is 0 Å². The van der Waals surface area contributed by atoms with Crippen LogP contribution in [0.3, 0.4) is 0 Å². The monoisotopic (exact) mass is 766 g/mol. The lowest BCUT2D eigenvalue weighted by Gasteiger charge is -2.38. The van der Waals surface area contributed by atoms with Crippen molar-refractivity contribution >= 4 is 66.7 Å². The topological polar surface area (TPSA) is 37.6 Å². The molecule has 0 saturated heterocycles. The summed E-state index contributed by atoms with van der Waals surface area (Å²) in [4.78, 5) is 0. The van der Waals surface area contributed by atoms with Gasteiger partial charge >= 0.3 is 0 Å². The maximum Gasteiger partial charge on any atom is 0.270 e. The summed E-state index contributed by atoms with van der Waals surface area (Å²) in [6.45, 7) is -0.136. The van der Waals surface area contributed by atoms with Crippen molar-refractivity contribution in [3.63, 3.8) is 0 Å². The van der Waals surface area contributed by atoms with Gasteiger partial charge in [0, 0.05) is 60.4 Å². The molecule has 0 spiro atoms. The van der Waals surface area contributed by atoms with Crippen LogP contribution in [0.15, 0.2) is 188 Å². The number of ether oxygens (including phenoxy) is 3. The molecule has 2 aromatic heterocycles. The first-order valence-electron chi connectivity index (χ1n) is 20.4. The van der Waals surface area contributed by atoms with E-state index in [4.69, 9.17) is 14.2 Å². The second-order valence-corrected chi connectivity index (χ2v) is 16.0. The third-order valence-corrected chi connectivity index (χ3v) is 12.8. The molecule has 0 saturated carbocycles. The Labute approximate surface area is 344 Å². The maximum atomic E-state index is 7.39. The molecule has 11 aromatic rings. The van der Waals surface area contributed by atoms with Crippen LogP contribution in [-0.2, 0) is 0 Å². The van der Waals surface area contributed by atoms with Crippen molar-refractivity contribution in [2.75, 3.05) is 0 Å². The summed E-state index contributed by atoms with van der Waals surface area (Å²) in [5.41, 5.74) is 14.1. The van der Waals surface area contributed by atoms with E-state index in [1.54, 1.807) is 0 Å². The molecule has 5 heterocycles. The van der Waals surface area contributed by atoms with Crippen molar-refractivity contribution in [2.45, 2.75) is 0 Å². The van der Waals surface area contributed by atoms with E-state index in [-0.39, 0.29) is 6.71 Å². The van der Waals surface area contributed by atoms with Crippen LogP contribution in [0.1, 0.15) is 0 Å². The standard InChI is InChI=1S/C54H31BN2O3/c1-5-20-42-38(16-1)39-17-2-6-21-43(39)56(42)34-14-9-12-32(30-34)36-26-28-48-51-53(36)60-54-37(27-29-49-52(54)55(51)50-46(58-48)24-11-25-47(50)59-49)33-13-10-15-35(31-33)57-44-22-7-3-18-40(44)41-19-4-8-23-45(41)57/h1-31H. The first kappa shape index (κ1) is 32.1. The molecule has 0 atom stereocenters. The van der Waals surface area contributed by atoms with E-state index >= 15 is 0 Å². The Morgan fingerprint density at radius 3 is 1.13 bits per heavy atom. The molecule has 14 rings (SSSR count). The summed E-state index contributed by atoms with van der Waals surface area (Å²) in [7, 11) is 0. The highest BCUT2D eigenvalue weighted by Gasteiger charge is 2.47. The molecule has 3 aliphatic rings. The molecule has 0 radical (unpaired) electrons. The quantitative estimate of drug-likeness (QED) is 0.167. The molecule has 6 heteroatoms. The van der Waals surface area contributed by atoms with Crippen molar-refractivity contribution in [1.82, 2.24) is 9.13 Å². The first-order valence-corrected chi connectivity index (χ1v) is 20.4. The van der Waals surface area contributed by atoms with E-state index in [9.17, 15) is 0 Å². The highest BCUT2D eigenvalue weighted by Crippen LogP contribution is 2.48. The van der Waals surface area contributed by atoms with Gasteiger partial charge in [-0.25, -0.2) is 0 Å². The molecule has 0 N–H and O–H groups in total. The molecule has 0 unspecified atom stereocenters. The Kier molecular flexibility index (Phi) is 6.31. The van der Waals surface area contributed by atoms with Gasteiger partial charge in [-0.2, -0.15) is 0 Å². The summed E-state index contributed by atoms with van der Waals surface area (Å²) in [5, 5.41) is 4.94. The number of hydrogen-bond donors (Lipinski definition) is 0. The van der Waals surface area contributed by atoms with E-state index in [1.165, 1.54) is 43.6 Å². The van der Waals surface area contributed by atoms with Crippen LogP contribution in [0.25, 0.3) is 77.2 Å². The zero-order chi connectivity index (χ0) is 39.1. The molecule has 278 valence electrons. The van der Waals surface area contributed by atoms with E-state index in [0.29, 0.717) is 0 Å². The van der Waals surface area contributed by atoms with Crippen LogP contribution in [-0.4, -0.2) is 15.8 Å². The van der Waals surface area contributed by atoms with Crippen molar-refractivity contribution in [3.05, 3.63) is 188 Å². The number of hydrogen-bond acceptors (Lipinski definition) is 3. The summed E-state index contributed by atoms with van der Waals surface area (Å²) < 4.78 is 25.5. The Hall–Kier alpha value is -7.96. The largest absolute Gasteiger partial charge is 0.458 e. The average molecular weight is 767 g/mol. The van der Waals surface area contributed by atoms with Gasteiger partial charge in [0.25, 0.3) is 6.71 Å². The number of fused-ring (bicyclic) bond motifs is 6. The maximum absolute atomic E-state index is 7.39. The number of benzene rings is 9. The summed E-state index contributed by atoms with van der Waals surface area (Å²) in [6.07, 6.45) is 0. The van der Waals surface area contributed by atoms with Crippen LogP contribution >= 0.6 is 0 Å². The van der Waals surface area contributed by atoms with E-state index < -0.39 is 0 Å². The number of para-hydroxylation sites is 4. The van der Waals surface area contributed by atoms with E-state index in [1.807, 2.05) is 18.2 Å². The van der Waals surface area contributed by atoms with Crippen molar-refractivity contribution < 1.29 is 14.2 Å². The number of nitrogens with zero attached hydrogens (tertiary/aromatic N) is 2. The fourth-order valence-corrected chi connectivity index (χ4v) is 10.3. The lowest BCUT2D eigenvalue weighted by atomic mass is 9.33. The zero-order valence-electron chi connectivity index (χ0n) is 32.1. The highest BCUT2D eigenvalue weighted by molar-refractivity contribution is 6.99. The Bertz CT molecular complexity index is 3330. The van der Waals surface area contributed by atoms with Crippen LogP contribution in [0.4, 0.5) is 0 Å². The molecule has 9 aromatic carbocycles. The molecule has 0 fully saturated rings. The predicted molar refractivity (Wildman–Crippen MR) is 244 cm³/mol. The van der Waals surface area contributed by atoms with Gasteiger partial charge in [-0.3, -0.25) is 0 Å². The molecule has 5 nitrogen and oxygen atoms in total. The van der Waals surface area contributed by atoms with Crippen LogP contribution in [0, 0.1) is 0 Å². The van der Waals surface area contributed by atoms with Crippen LogP contribution < -0.4 is 30.6 Å². The lowest BCUT2D eigenvalue weighted by Crippen LogP contribution is -2.59. The highest BCUT2D eigenvalue weighted by atomic mass is 16.5. The lowest BCUT2D eigenvalue weighted by molar-refractivity contribution is 0.444. The summed E-state index contributed by atoms with van der Waals surface area (Å²) >= 11 is 0. The molecule has 0 bridgehead atoms. The van der Waals surface area contributed by atoms with Gasteiger partial charge in [-0.05, 0) is 96.1 Å². The Morgan fingerprint density at radius 2 is 0.700 bits per heavy atom. The number of aromatic nitrogens is 2. The second kappa shape index (κ2) is 11.8. The smallest absolute Gasteiger partial charge is 0.270 e. The van der Waals surface area contributed by atoms with Crippen molar-refractivity contribution in [2.24, 2.45) is 0 Å². The molecule has 60 heavy (non-hydrogen) atoms. The minimum absolute atomic E-state index is 0.136. The SMILES string of the molecule is c1cc(-c2ccc3c4c2Oc2c(-c5cccc(-n6c7ccccc7c7ccccc76)c5)ccc5c2B4c2c(cccc2O5)O3)cc(-n2c3ccccc3c3ccccc32)c1. The van der Waals surface area contributed by atoms with Crippen molar-refractivity contribution in [1.29, 1.82) is 0 Å². The summed E-state index contributed by atoms with van der Waals surface area (Å²) in [6, 6.07) is 66.9. The van der Waals surface area contributed by atoms with Gasteiger partial charge in [-0.15, -0.1) is 0 Å². The van der Waals surface area contributed by atoms with E-state index in [2.05, 4.69) is 179 Å². The summed E-state index contributed by atoms with van der Waals surface area (Å²) in [5.74, 6) is 4.86. The van der Waals surface area contributed by atoms with Gasteiger partial charge in [0.05, 0.1) is 22.1 Å². The fourth-order valence-electron chi connectivity index (χ4n) is 10.3. The van der Waals surface area contributed by atoms with Gasteiger partial charge in [-0.1, -0.05) is 103 Å². The minimum atomic E-state index is -0.136. The Balaban J connectivity index is 0.980. The third kappa shape index (κ3) is 4.26. The van der Waals surface area contributed by atoms with Crippen LogP contribution in [0.2, 0.25) is 0 Å². The molecule has 0 amide bonds. The molecular formula is C54H31BN2O3. The zero-order valence-corrected chi connectivity index (χ0v) is 32.1. The first-order chi connectivity index (χ1) is 29.8. The normalized spacial score (nSPS) is 13.0. The van der Waals surface area contributed by atoms with Gasteiger partial charge < -0.3 is 23.3 Å². The van der Waals surface area contributed by atoms with Crippen LogP contribution in [0.5, 0.6) is 34.5 Å². The molecule has 3 aliphatic heterocycles. The molecule has 0 aliphatic carbocycles. The predicted octanol–water partition coefficient (Wildman–Crippen LogP) is 12.0. The van der Waals surface area contributed by atoms with Gasteiger partial charge in [0.15, 0.2) is 0 Å². The fraction of sp³-hybridized carbons (Fsp3) is 0. The third-order valence-electron chi connectivity index (χ3n) is 12.8. The van der Waals surface area contributed by atoms with Gasteiger partial charge in [0.1, 0.15) is 34.5 Å². The molecular weight excluding hydrogens is 735 g/mol. The second-order valence-electron chi connectivity index (χ2n) is 16.0. The minimum Gasteiger partial charge on any atom is -0.458 e. The average Bonchev–Trinajstić information content (AvgIpc) is 3.82. The van der Waals surface area contributed by atoms with E-state index in [0.717, 1.165) is 84.5 Å². The van der Waals surface area contributed by atoms with Crippen molar-refractivity contribution in [3.8, 4) is 68.1 Å². The Morgan fingerprint density at radius 1 is 0.317 bits per heavy atom.